The zero-order valence-corrected chi connectivity index (χ0v) is 59.1. The molecule has 0 bridgehead atoms. The number of esters is 4. The van der Waals surface area contributed by atoms with Gasteiger partial charge in [0.15, 0.2) is 75.2 Å². The van der Waals surface area contributed by atoms with Crippen molar-refractivity contribution in [1.29, 1.82) is 0 Å². The number of benzene rings is 5. The first-order valence-corrected chi connectivity index (χ1v) is 25.4. The molecule has 0 unspecified atom stereocenters. The number of fused-ring (bicyclic) bond motifs is 2. The Hall–Kier alpha value is -4.60. The summed E-state index contributed by atoms with van der Waals surface area (Å²) in [5, 5.41) is 42.8. The Morgan fingerprint density at radius 2 is 1.03 bits per heavy atom. The van der Waals surface area contributed by atoms with Crippen LogP contribution < -0.4 is 141 Å². The molecule has 0 radical (unpaired) electrons. The number of aliphatic hydroxyl groups excluding tert-OH is 1. The molecule has 480 valence electrons. The zero-order valence-electron chi connectivity index (χ0n) is 54.1. The number of hydrogen-bond donors (Lipinski definition) is 4. The van der Waals surface area contributed by atoms with E-state index in [1.807, 2.05) is 34.6 Å². The molecular formula is C61H74AlClF5K2LiO19. The maximum absolute atomic E-state index is 13.5. The van der Waals surface area contributed by atoms with E-state index >= 15 is 0 Å². The Labute approximate surface area is 635 Å². The van der Waals surface area contributed by atoms with Crippen molar-refractivity contribution in [3.63, 3.8) is 0 Å². The molecule has 2 aliphatic rings. The summed E-state index contributed by atoms with van der Waals surface area (Å²) < 4.78 is 99.9. The van der Waals surface area contributed by atoms with E-state index in [4.69, 9.17) is 56.0 Å². The maximum atomic E-state index is 13.5. The van der Waals surface area contributed by atoms with Gasteiger partial charge in [0, 0.05) is 35.4 Å². The molecule has 0 atom stereocenters. The van der Waals surface area contributed by atoms with E-state index in [1.54, 1.807) is 19.9 Å². The zero-order chi connectivity index (χ0) is 66.2. The average molecular weight is 1350 g/mol. The van der Waals surface area contributed by atoms with Gasteiger partial charge in [-0.1, -0.05) is 36.9 Å². The van der Waals surface area contributed by atoms with E-state index in [2.05, 4.69) is 43.6 Å². The van der Waals surface area contributed by atoms with E-state index in [0.29, 0.717) is 41.2 Å². The van der Waals surface area contributed by atoms with Gasteiger partial charge in [-0.2, -0.15) is 0 Å². The van der Waals surface area contributed by atoms with Crippen LogP contribution in [0.3, 0.4) is 0 Å². The SMILES string of the molecule is C=C(C)CCl.C=C(C)COc1cc(C(=O)OC)ccc1F.C=C(C)Cc1c(C(=O)OC)ccc(F)c1O.CC1(C)Cc2c(CO)ccc(F)c2O1.COC(=O)c1ccc(F)c(O)c1.COC(=O)c1ccc(F)c2c1CC(C)(C)O2.O=CO.O=CO[O-].[AlH3].[H-].[H-].[K+].[K+].[Li+]. The largest absolute Gasteiger partial charge is 1.00 e. The Bertz CT molecular complexity index is 3190. The molecule has 0 saturated heterocycles. The first-order chi connectivity index (χ1) is 40.2. The second kappa shape index (κ2) is 48.2. The molecule has 90 heavy (non-hydrogen) atoms. The van der Waals surface area contributed by atoms with Crippen LogP contribution in [0.2, 0.25) is 0 Å². The molecule has 19 nitrogen and oxygen atoms in total. The molecule has 5 aromatic carbocycles. The quantitative estimate of drug-likeness (QED) is 0.0154. The first kappa shape index (κ1) is 94.1. The van der Waals surface area contributed by atoms with Crippen LogP contribution in [-0.2, 0) is 59.3 Å². The summed E-state index contributed by atoms with van der Waals surface area (Å²) in [7, 11) is 5.01. The molecule has 0 aliphatic carbocycles. The number of phenolic OH excluding ortho intramolecular Hbond substituents is 2. The van der Waals surface area contributed by atoms with Gasteiger partial charge in [-0.05, 0) is 133 Å². The number of hydrogen-bond acceptors (Lipinski definition) is 18. The van der Waals surface area contributed by atoms with Crippen LogP contribution in [0.25, 0.3) is 0 Å². The summed E-state index contributed by atoms with van der Waals surface area (Å²) in [6.45, 7) is 23.5. The summed E-state index contributed by atoms with van der Waals surface area (Å²) in [5.41, 5.74) is 4.93. The number of aliphatic hydroxyl groups is 1. The third-order valence-electron chi connectivity index (χ3n) is 10.6. The number of rotatable bonds is 12. The van der Waals surface area contributed by atoms with Gasteiger partial charge in [-0.15, -0.1) is 11.6 Å². The topological polar surface area (TPSA) is 280 Å². The number of alkyl halides is 1. The van der Waals surface area contributed by atoms with Crippen molar-refractivity contribution in [2.75, 3.05) is 40.9 Å². The Kier molecular flexibility index (Phi) is 50.4. The molecule has 0 aromatic heterocycles. The molecule has 29 heteroatoms. The first-order valence-electron chi connectivity index (χ1n) is 24.9. The number of methoxy groups -OCH3 is 4. The van der Waals surface area contributed by atoms with Crippen LogP contribution in [0.15, 0.2) is 109 Å². The summed E-state index contributed by atoms with van der Waals surface area (Å²) in [6.07, 6.45) is 1.38. The fourth-order valence-electron chi connectivity index (χ4n) is 6.96. The van der Waals surface area contributed by atoms with Crippen molar-refractivity contribution in [3.8, 4) is 28.7 Å². The van der Waals surface area contributed by atoms with Gasteiger partial charge in [0.25, 0.3) is 12.9 Å². The van der Waals surface area contributed by atoms with E-state index in [9.17, 15) is 46.2 Å². The molecule has 0 fully saturated rings. The molecule has 0 saturated carbocycles. The molecule has 2 heterocycles. The van der Waals surface area contributed by atoms with Gasteiger partial charge >= 0.3 is 146 Å². The Balaban J connectivity index is -0.000000185. The minimum Gasteiger partial charge on any atom is -1.00 e. The smallest absolute Gasteiger partial charge is 1.00 e. The van der Waals surface area contributed by atoms with Gasteiger partial charge in [0.1, 0.15) is 17.8 Å². The number of carbonyl (C=O) groups is 6. The third kappa shape index (κ3) is 33.3. The Morgan fingerprint density at radius 3 is 1.44 bits per heavy atom. The van der Waals surface area contributed by atoms with Crippen molar-refractivity contribution < 1.29 is 239 Å². The number of aromatic hydroxyl groups is 2. The van der Waals surface area contributed by atoms with Crippen LogP contribution in [0.5, 0.6) is 28.7 Å². The van der Waals surface area contributed by atoms with Crippen molar-refractivity contribution >= 4 is 65.8 Å². The molecular weight excluding hydrogens is 1280 g/mol. The summed E-state index contributed by atoms with van der Waals surface area (Å²) in [6, 6.07) is 15.0. The number of phenols is 2. The van der Waals surface area contributed by atoms with Crippen molar-refractivity contribution in [3.05, 3.63) is 183 Å². The standard InChI is InChI=1S/3C12H13FO3.C11H13FO2.C8H7FO3.C4H7Cl.CH2O3.CH2O2.Al.2K.Li.5H/c1-12(2)6-8-7(11(14)15-3)4-5-9(13)10(8)16-12;1-8(2)7-16-11-6-9(12(14)15-3)4-5-10(11)13;1-7(2)6-9-8(12(15)16-3)4-5-10(13)11(9)14;1-11(2)5-8-7(6-13)3-4-9(12)10(8)14-11;1-12-8(11)5-2-3-6(9)7(10)4-5;1-4(2)3-5;2-1-4-3;2-1-3;;;;;;;;;/h4-5H,6H2,1-3H3;4-6H,1,7H2,2-3H3;4-5,14H,1,6H2,2-3H3;3-4,13H,5-6H2,1-2H3;2-4,10H,1H3;1,3H2,2H3;1,3H;1H,(H,2,3);;;;;;;;;/q;;;;;;;;;3*+1;;;;2*-1/p-1. The van der Waals surface area contributed by atoms with E-state index < -0.39 is 64.2 Å². The number of halogens is 6. The number of allylic oxidation sites excluding steroid dienone is 2. The normalized spacial score (nSPS) is 11.2. The minimum absolute atomic E-state index is 0. The fraction of sp³-hybridized carbons (Fsp3) is 0.311. The molecule has 5 aromatic rings. The summed E-state index contributed by atoms with van der Waals surface area (Å²) in [5.74, 6) is -5.02. The maximum Gasteiger partial charge on any atom is 1.00 e. The van der Waals surface area contributed by atoms with Crippen molar-refractivity contribution in [2.45, 2.75) is 85.5 Å². The molecule has 0 amide bonds. The number of carboxylic acid groups (broad SMARTS) is 1. The molecule has 2 aliphatic heterocycles. The molecule has 4 N–H and O–H groups in total. The van der Waals surface area contributed by atoms with Crippen LogP contribution in [0.1, 0.15) is 115 Å². The Morgan fingerprint density at radius 1 is 0.644 bits per heavy atom. The van der Waals surface area contributed by atoms with E-state index in [1.165, 1.54) is 77.0 Å². The minimum atomic E-state index is -0.761. The van der Waals surface area contributed by atoms with E-state index in [-0.39, 0.29) is 220 Å². The predicted molar refractivity (Wildman–Crippen MR) is 316 cm³/mol. The van der Waals surface area contributed by atoms with Crippen LogP contribution in [0.4, 0.5) is 22.0 Å². The third-order valence-corrected chi connectivity index (χ3v) is 11.1. The summed E-state index contributed by atoms with van der Waals surface area (Å²) >= 11 is 5.24. The second-order valence-electron chi connectivity index (χ2n) is 19.1. The number of ether oxygens (including phenoxy) is 7. The fourth-order valence-corrected chi connectivity index (χ4v) is 6.96. The van der Waals surface area contributed by atoms with Crippen molar-refractivity contribution in [2.24, 2.45) is 0 Å². The van der Waals surface area contributed by atoms with Gasteiger partial charge in [-0.3, -0.25) is 9.59 Å². The van der Waals surface area contributed by atoms with Crippen LogP contribution in [-0.4, -0.2) is 127 Å². The van der Waals surface area contributed by atoms with Crippen LogP contribution in [0, 0.1) is 29.1 Å². The average Bonchev–Trinajstić information content (AvgIpc) is 1.63. The second-order valence-corrected chi connectivity index (χ2v) is 19.4. The van der Waals surface area contributed by atoms with Gasteiger partial charge in [0.05, 0.1) is 57.3 Å². The van der Waals surface area contributed by atoms with Crippen molar-refractivity contribution in [1.82, 2.24) is 0 Å². The predicted octanol–water partition coefficient (Wildman–Crippen LogP) is 0.669. The molecule has 7 rings (SSSR count). The van der Waals surface area contributed by atoms with Gasteiger partial charge in [-0.25, -0.2) is 41.1 Å². The van der Waals surface area contributed by atoms with Crippen LogP contribution >= 0.6 is 11.6 Å². The molecule has 0 spiro atoms. The number of carbonyl (C=O) groups excluding carboxylic acids is 5. The summed E-state index contributed by atoms with van der Waals surface area (Å²) in [4.78, 5) is 64.5. The van der Waals surface area contributed by atoms with Gasteiger partial charge < -0.3 is 66.6 Å². The van der Waals surface area contributed by atoms with Gasteiger partial charge in [0.2, 0.25) is 0 Å². The van der Waals surface area contributed by atoms with E-state index in [0.717, 1.165) is 40.5 Å². The monoisotopic (exact) mass is 1350 g/mol.